The highest BCUT2D eigenvalue weighted by atomic mass is 35.5. The molecule has 0 saturated carbocycles. The molecule has 0 radical (unpaired) electrons. The number of hydrogen-bond donors (Lipinski definition) is 2. The minimum absolute atomic E-state index is 0.738. The first-order chi connectivity index (χ1) is 8.40. The Balaban J connectivity index is 0.000000180. The Morgan fingerprint density at radius 2 is 1.06 bits per heavy atom. The number of hydrogen-bond acceptors (Lipinski definition) is 2. The third-order valence-electron chi connectivity index (χ3n) is 2.46. The third-order valence-corrected chi connectivity index (χ3v) is 2.93. The minimum atomic E-state index is 0.738. The average molecular weight is 283 g/mol. The fraction of sp³-hybridized carbons (Fsp3) is 0.143. The first kappa shape index (κ1) is 14.7. The molecule has 2 nitrogen and oxygen atoms in total. The van der Waals surface area contributed by atoms with Crippen molar-refractivity contribution in [2.24, 2.45) is 0 Å². The number of anilines is 2. The van der Waals surface area contributed by atoms with Crippen molar-refractivity contribution in [2.75, 3.05) is 11.5 Å². The molecule has 0 fully saturated rings. The van der Waals surface area contributed by atoms with Gasteiger partial charge in [0.2, 0.25) is 0 Å². The van der Waals surface area contributed by atoms with E-state index in [9.17, 15) is 0 Å². The molecule has 0 saturated heterocycles. The van der Waals surface area contributed by atoms with Crippen molar-refractivity contribution in [1.29, 1.82) is 0 Å². The zero-order chi connectivity index (χ0) is 13.7. The van der Waals surface area contributed by atoms with Crippen molar-refractivity contribution in [1.82, 2.24) is 0 Å². The van der Waals surface area contributed by atoms with Crippen molar-refractivity contribution in [3.8, 4) is 0 Å². The predicted octanol–water partition coefficient (Wildman–Crippen LogP) is 4.46. The third kappa shape index (κ3) is 4.47. The van der Waals surface area contributed by atoms with Crippen molar-refractivity contribution < 1.29 is 0 Å². The highest BCUT2D eigenvalue weighted by Crippen LogP contribution is 2.16. The Morgan fingerprint density at radius 3 is 1.28 bits per heavy atom. The largest absolute Gasteiger partial charge is 0.399 e. The quantitative estimate of drug-likeness (QED) is 0.701. The van der Waals surface area contributed by atoms with Crippen molar-refractivity contribution >= 4 is 34.6 Å². The van der Waals surface area contributed by atoms with Crippen molar-refractivity contribution in [3.05, 3.63) is 57.6 Å². The summed E-state index contributed by atoms with van der Waals surface area (Å²) in [4.78, 5) is 0. The topological polar surface area (TPSA) is 52.0 Å². The molecule has 0 heterocycles. The fourth-order valence-electron chi connectivity index (χ4n) is 1.28. The van der Waals surface area contributed by atoms with E-state index in [1.54, 1.807) is 24.3 Å². The van der Waals surface area contributed by atoms with Crippen molar-refractivity contribution in [2.45, 2.75) is 13.8 Å². The summed E-state index contributed by atoms with van der Waals surface area (Å²) in [6, 6.07) is 10.9. The number of rotatable bonds is 0. The van der Waals surface area contributed by atoms with Gasteiger partial charge in [-0.05, 0) is 61.4 Å². The summed E-state index contributed by atoms with van der Waals surface area (Å²) in [5, 5.41) is 1.48. The van der Waals surface area contributed by atoms with E-state index in [1.807, 2.05) is 26.0 Å². The lowest BCUT2D eigenvalue weighted by atomic mass is 10.2. The summed E-state index contributed by atoms with van der Waals surface area (Å²) < 4.78 is 0. The summed E-state index contributed by atoms with van der Waals surface area (Å²) in [6.45, 7) is 3.86. The summed E-state index contributed by atoms with van der Waals surface area (Å²) in [7, 11) is 0. The molecule has 0 spiro atoms. The highest BCUT2D eigenvalue weighted by molar-refractivity contribution is 6.31. The molecule has 0 aliphatic rings. The smallest absolute Gasteiger partial charge is 0.0410 e. The first-order valence-electron chi connectivity index (χ1n) is 5.43. The second kappa shape index (κ2) is 6.53. The number of nitrogens with two attached hydrogens (primary N) is 2. The maximum Gasteiger partial charge on any atom is 0.0410 e. The normalized spacial score (nSPS) is 9.56. The van der Waals surface area contributed by atoms with Gasteiger partial charge in [0, 0.05) is 21.4 Å². The van der Waals surface area contributed by atoms with E-state index in [0.29, 0.717) is 0 Å². The van der Waals surface area contributed by atoms with Crippen LogP contribution >= 0.6 is 23.2 Å². The average Bonchev–Trinajstić information content (AvgIpc) is 2.30. The van der Waals surface area contributed by atoms with Crippen LogP contribution in [0.5, 0.6) is 0 Å². The molecular formula is C14H16Cl2N2. The molecule has 0 unspecified atom stereocenters. The van der Waals surface area contributed by atoms with Crippen LogP contribution in [-0.2, 0) is 0 Å². The van der Waals surface area contributed by atoms with Gasteiger partial charge in [0.05, 0.1) is 0 Å². The van der Waals surface area contributed by atoms with E-state index >= 15 is 0 Å². The Kier molecular flexibility index (Phi) is 5.32. The van der Waals surface area contributed by atoms with E-state index in [0.717, 1.165) is 32.5 Å². The molecule has 0 bridgehead atoms. The molecule has 2 aromatic carbocycles. The summed E-state index contributed by atoms with van der Waals surface area (Å²) in [5.41, 5.74) is 14.7. The summed E-state index contributed by atoms with van der Waals surface area (Å²) >= 11 is 11.3. The van der Waals surface area contributed by atoms with Crippen LogP contribution in [0.2, 0.25) is 10.0 Å². The first-order valence-corrected chi connectivity index (χ1v) is 6.19. The second-order valence-corrected chi connectivity index (χ2v) is 4.87. The molecule has 18 heavy (non-hydrogen) atoms. The van der Waals surface area contributed by atoms with E-state index in [2.05, 4.69) is 0 Å². The van der Waals surface area contributed by atoms with Gasteiger partial charge in [0.1, 0.15) is 0 Å². The second-order valence-electron chi connectivity index (χ2n) is 4.00. The van der Waals surface area contributed by atoms with E-state index in [-0.39, 0.29) is 0 Å². The van der Waals surface area contributed by atoms with E-state index in [1.165, 1.54) is 0 Å². The van der Waals surface area contributed by atoms with Gasteiger partial charge in [-0.15, -0.1) is 0 Å². The predicted molar refractivity (Wildman–Crippen MR) is 81.2 cm³/mol. The zero-order valence-electron chi connectivity index (χ0n) is 10.4. The zero-order valence-corrected chi connectivity index (χ0v) is 11.9. The van der Waals surface area contributed by atoms with Gasteiger partial charge in [-0.2, -0.15) is 0 Å². The Bertz CT molecular complexity index is 490. The number of nitrogen functional groups attached to an aromatic ring is 2. The maximum atomic E-state index is 5.66. The molecule has 0 amide bonds. The molecule has 4 heteroatoms. The molecule has 2 aromatic rings. The minimum Gasteiger partial charge on any atom is -0.399 e. The SMILES string of the molecule is Cc1cc(Cl)ccc1N.Cc1cc(Cl)ccc1N. The Labute approximate surface area is 118 Å². The van der Waals surface area contributed by atoms with Gasteiger partial charge in [-0.1, -0.05) is 23.2 Å². The number of halogens is 2. The van der Waals surface area contributed by atoms with Gasteiger partial charge in [0.15, 0.2) is 0 Å². The van der Waals surface area contributed by atoms with Crippen LogP contribution in [0.4, 0.5) is 11.4 Å². The lowest BCUT2D eigenvalue weighted by Crippen LogP contribution is -1.87. The van der Waals surface area contributed by atoms with Crippen LogP contribution in [0.15, 0.2) is 36.4 Å². The van der Waals surface area contributed by atoms with Crippen molar-refractivity contribution in [3.63, 3.8) is 0 Å². The molecule has 0 aliphatic carbocycles. The van der Waals surface area contributed by atoms with E-state index < -0.39 is 0 Å². The molecule has 96 valence electrons. The molecule has 0 aliphatic heterocycles. The molecule has 4 N–H and O–H groups in total. The van der Waals surface area contributed by atoms with Gasteiger partial charge >= 0.3 is 0 Å². The van der Waals surface area contributed by atoms with Gasteiger partial charge < -0.3 is 11.5 Å². The van der Waals surface area contributed by atoms with Crippen LogP contribution < -0.4 is 11.5 Å². The molecule has 0 atom stereocenters. The lowest BCUT2D eigenvalue weighted by Gasteiger charge is -1.97. The van der Waals surface area contributed by atoms with Crippen LogP contribution in [0.3, 0.4) is 0 Å². The van der Waals surface area contributed by atoms with Crippen LogP contribution in [0.1, 0.15) is 11.1 Å². The van der Waals surface area contributed by atoms with Gasteiger partial charge in [-0.25, -0.2) is 0 Å². The Morgan fingerprint density at radius 1 is 0.722 bits per heavy atom. The van der Waals surface area contributed by atoms with Gasteiger partial charge in [-0.3, -0.25) is 0 Å². The monoisotopic (exact) mass is 282 g/mol. The fourth-order valence-corrected chi connectivity index (χ4v) is 1.73. The van der Waals surface area contributed by atoms with E-state index in [4.69, 9.17) is 34.7 Å². The molecule has 0 aromatic heterocycles. The van der Waals surface area contributed by atoms with Crippen LogP contribution in [0, 0.1) is 13.8 Å². The molecule has 2 rings (SSSR count). The van der Waals surface area contributed by atoms with Gasteiger partial charge in [0.25, 0.3) is 0 Å². The summed E-state index contributed by atoms with van der Waals surface area (Å²) in [6.07, 6.45) is 0. The van der Waals surface area contributed by atoms with Crippen LogP contribution in [0.25, 0.3) is 0 Å². The van der Waals surface area contributed by atoms with Crippen LogP contribution in [-0.4, -0.2) is 0 Å². The molecular weight excluding hydrogens is 267 g/mol. The maximum absolute atomic E-state index is 5.66. The lowest BCUT2D eigenvalue weighted by molar-refractivity contribution is 1.47. The number of aryl methyl sites for hydroxylation is 2. The standard InChI is InChI=1S/2C7H8ClN/c2*1-5-4-6(8)2-3-7(5)9/h2*2-4H,9H2,1H3. The number of benzene rings is 2. The highest BCUT2D eigenvalue weighted by Gasteiger charge is 1.92. The summed E-state index contributed by atoms with van der Waals surface area (Å²) in [5.74, 6) is 0. The Hall–Kier alpha value is -1.38.